The molecule has 5 heteroatoms. The molecule has 0 fully saturated rings. The van der Waals surface area contributed by atoms with Crippen molar-refractivity contribution in [1.82, 2.24) is 10.3 Å². The summed E-state index contributed by atoms with van der Waals surface area (Å²) in [7, 11) is 0. The van der Waals surface area contributed by atoms with E-state index in [-0.39, 0.29) is 5.91 Å². The zero-order chi connectivity index (χ0) is 13.1. The zero-order valence-corrected chi connectivity index (χ0v) is 11.2. The first kappa shape index (κ1) is 12.6. The molecule has 0 bridgehead atoms. The fourth-order valence-electron chi connectivity index (χ4n) is 1.64. The number of anilines is 1. The molecular formula is C13H15N3OS. The molecular weight excluding hydrogens is 246 g/mol. The van der Waals surface area contributed by atoms with E-state index in [9.17, 15) is 4.79 Å². The number of nitrogens with zero attached hydrogens (tertiary/aromatic N) is 1. The number of nitrogens with two attached hydrogens (primary N) is 1. The standard InChI is InChI=1S/C13H15N3OS/c1-8-3-4-11(12(14)5-8)13(17)15-6-10-7-18-9(2)16-10/h3-5,7H,6,14H2,1-2H3,(H,15,17). The van der Waals surface area contributed by atoms with Crippen molar-refractivity contribution >= 4 is 22.9 Å². The number of carbonyl (C=O) groups excluding carboxylic acids is 1. The molecule has 0 saturated carbocycles. The molecule has 1 aromatic carbocycles. The molecule has 0 aliphatic rings. The lowest BCUT2D eigenvalue weighted by Crippen LogP contribution is -2.24. The van der Waals surface area contributed by atoms with E-state index in [4.69, 9.17) is 5.73 Å². The molecule has 0 aliphatic heterocycles. The Morgan fingerprint density at radius 3 is 2.83 bits per heavy atom. The summed E-state index contributed by atoms with van der Waals surface area (Å²) in [5.41, 5.74) is 8.74. The second kappa shape index (κ2) is 5.18. The van der Waals surface area contributed by atoms with Crippen LogP contribution in [0.2, 0.25) is 0 Å². The van der Waals surface area contributed by atoms with Crippen LogP contribution in [0.3, 0.4) is 0 Å². The van der Waals surface area contributed by atoms with Crippen molar-refractivity contribution in [2.75, 3.05) is 5.73 Å². The van der Waals surface area contributed by atoms with E-state index < -0.39 is 0 Å². The Morgan fingerprint density at radius 2 is 2.22 bits per heavy atom. The van der Waals surface area contributed by atoms with Gasteiger partial charge in [-0.25, -0.2) is 4.98 Å². The highest BCUT2D eigenvalue weighted by Crippen LogP contribution is 2.14. The van der Waals surface area contributed by atoms with Crippen molar-refractivity contribution in [2.24, 2.45) is 0 Å². The van der Waals surface area contributed by atoms with Crippen LogP contribution in [0.25, 0.3) is 0 Å². The van der Waals surface area contributed by atoms with Gasteiger partial charge in [-0.2, -0.15) is 0 Å². The maximum Gasteiger partial charge on any atom is 0.253 e. The third-order valence-corrected chi connectivity index (χ3v) is 3.37. The van der Waals surface area contributed by atoms with E-state index in [0.717, 1.165) is 16.3 Å². The normalized spacial score (nSPS) is 10.3. The summed E-state index contributed by atoms with van der Waals surface area (Å²) < 4.78 is 0. The van der Waals surface area contributed by atoms with Crippen LogP contribution in [0.15, 0.2) is 23.6 Å². The van der Waals surface area contributed by atoms with Crippen molar-refractivity contribution in [2.45, 2.75) is 20.4 Å². The predicted molar refractivity (Wildman–Crippen MR) is 73.6 cm³/mol. The Hall–Kier alpha value is -1.88. The van der Waals surface area contributed by atoms with Gasteiger partial charge < -0.3 is 11.1 Å². The second-order valence-corrected chi connectivity index (χ2v) is 5.19. The van der Waals surface area contributed by atoms with E-state index in [1.54, 1.807) is 23.5 Å². The SMILES string of the molecule is Cc1ccc(C(=O)NCc2csc(C)n2)c(N)c1. The van der Waals surface area contributed by atoms with Crippen LogP contribution in [-0.4, -0.2) is 10.9 Å². The van der Waals surface area contributed by atoms with E-state index in [1.807, 2.05) is 25.3 Å². The summed E-state index contributed by atoms with van der Waals surface area (Å²) in [4.78, 5) is 16.2. The van der Waals surface area contributed by atoms with Gasteiger partial charge in [0.25, 0.3) is 5.91 Å². The number of aryl methyl sites for hydroxylation is 2. The lowest BCUT2D eigenvalue weighted by Gasteiger charge is -2.07. The van der Waals surface area contributed by atoms with Gasteiger partial charge in [-0.15, -0.1) is 11.3 Å². The van der Waals surface area contributed by atoms with Gasteiger partial charge in [0.2, 0.25) is 0 Å². The Balaban J connectivity index is 2.03. The molecule has 0 aliphatic carbocycles. The first-order valence-electron chi connectivity index (χ1n) is 5.61. The third-order valence-electron chi connectivity index (χ3n) is 2.55. The van der Waals surface area contributed by atoms with Crippen LogP contribution in [0.4, 0.5) is 5.69 Å². The molecule has 2 rings (SSSR count). The topological polar surface area (TPSA) is 68.0 Å². The molecule has 0 unspecified atom stereocenters. The Bertz CT molecular complexity index is 577. The maximum absolute atomic E-state index is 11.9. The molecule has 0 radical (unpaired) electrons. The number of rotatable bonds is 3. The van der Waals surface area contributed by atoms with Crippen molar-refractivity contribution < 1.29 is 4.79 Å². The number of benzene rings is 1. The smallest absolute Gasteiger partial charge is 0.253 e. The molecule has 94 valence electrons. The quantitative estimate of drug-likeness (QED) is 0.833. The van der Waals surface area contributed by atoms with E-state index in [1.165, 1.54) is 0 Å². The highest BCUT2D eigenvalue weighted by molar-refractivity contribution is 7.09. The lowest BCUT2D eigenvalue weighted by molar-refractivity contribution is 0.0951. The third kappa shape index (κ3) is 2.87. The summed E-state index contributed by atoms with van der Waals surface area (Å²) in [6.07, 6.45) is 0. The maximum atomic E-state index is 11.9. The van der Waals surface area contributed by atoms with E-state index in [2.05, 4.69) is 10.3 Å². The van der Waals surface area contributed by atoms with E-state index >= 15 is 0 Å². The largest absolute Gasteiger partial charge is 0.398 e. The van der Waals surface area contributed by atoms with Gasteiger partial charge in [0.1, 0.15) is 0 Å². The number of thiazole rings is 1. The van der Waals surface area contributed by atoms with Crippen LogP contribution in [0.1, 0.15) is 26.6 Å². The monoisotopic (exact) mass is 261 g/mol. The van der Waals surface area contributed by atoms with Crippen molar-refractivity contribution in [3.05, 3.63) is 45.4 Å². The van der Waals surface area contributed by atoms with E-state index in [0.29, 0.717) is 17.8 Å². The number of hydrogen-bond acceptors (Lipinski definition) is 4. The first-order valence-corrected chi connectivity index (χ1v) is 6.49. The molecule has 0 spiro atoms. The molecule has 1 heterocycles. The number of nitrogen functional groups attached to an aromatic ring is 1. The molecule has 2 aromatic rings. The number of hydrogen-bond donors (Lipinski definition) is 2. The average molecular weight is 261 g/mol. The Morgan fingerprint density at radius 1 is 1.44 bits per heavy atom. The molecule has 1 aromatic heterocycles. The highest BCUT2D eigenvalue weighted by atomic mass is 32.1. The van der Waals surface area contributed by atoms with Gasteiger partial charge in [-0.1, -0.05) is 6.07 Å². The molecule has 4 nitrogen and oxygen atoms in total. The summed E-state index contributed by atoms with van der Waals surface area (Å²) >= 11 is 1.57. The Kier molecular flexibility index (Phi) is 3.62. The molecule has 3 N–H and O–H groups in total. The minimum Gasteiger partial charge on any atom is -0.398 e. The number of aromatic nitrogens is 1. The zero-order valence-electron chi connectivity index (χ0n) is 10.4. The van der Waals surface area contributed by atoms with Gasteiger partial charge in [0, 0.05) is 11.1 Å². The van der Waals surface area contributed by atoms with Gasteiger partial charge in [0.15, 0.2) is 0 Å². The van der Waals surface area contributed by atoms with Gasteiger partial charge >= 0.3 is 0 Å². The van der Waals surface area contributed by atoms with Crippen molar-refractivity contribution in [3.63, 3.8) is 0 Å². The Labute approximate surface area is 110 Å². The second-order valence-electron chi connectivity index (χ2n) is 4.13. The summed E-state index contributed by atoms with van der Waals surface area (Å²) in [6.45, 7) is 4.31. The highest BCUT2D eigenvalue weighted by Gasteiger charge is 2.09. The minimum absolute atomic E-state index is 0.168. The van der Waals surface area contributed by atoms with Crippen LogP contribution in [0, 0.1) is 13.8 Å². The lowest BCUT2D eigenvalue weighted by atomic mass is 10.1. The molecule has 18 heavy (non-hydrogen) atoms. The number of carbonyl (C=O) groups is 1. The average Bonchev–Trinajstić information content (AvgIpc) is 2.72. The minimum atomic E-state index is -0.168. The predicted octanol–water partition coefficient (Wildman–Crippen LogP) is 2.27. The van der Waals surface area contributed by atoms with Crippen LogP contribution >= 0.6 is 11.3 Å². The summed E-state index contributed by atoms with van der Waals surface area (Å²) in [5, 5.41) is 5.75. The summed E-state index contributed by atoms with van der Waals surface area (Å²) in [6, 6.07) is 5.41. The van der Waals surface area contributed by atoms with Gasteiger partial charge in [-0.05, 0) is 31.5 Å². The van der Waals surface area contributed by atoms with Crippen molar-refractivity contribution in [3.8, 4) is 0 Å². The number of amides is 1. The molecule has 0 saturated heterocycles. The van der Waals surface area contributed by atoms with Crippen molar-refractivity contribution in [1.29, 1.82) is 0 Å². The molecule has 1 amide bonds. The fourth-order valence-corrected chi connectivity index (χ4v) is 2.26. The molecule has 0 atom stereocenters. The van der Waals surface area contributed by atoms with Crippen LogP contribution in [-0.2, 0) is 6.54 Å². The van der Waals surface area contributed by atoms with Gasteiger partial charge in [-0.3, -0.25) is 4.79 Å². The fraction of sp³-hybridized carbons (Fsp3) is 0.231. The first-order chi connectivity index (χ1) is 8.56. The summed E-state index contributed by atoms with van der Waals surface area (Å²) in [5.74, 6) is -0.168. The van der Waals surface area contributed by atoms with Crippen LogP contribution < -0.4 is 11.1 Å². The number of nitrogens with one attached hydrogen (secondary N) is 1. The van der Waals surface area contributed by atoms with Crippen LogP contribution in [0.5, 0.6) is 0 Å². The van der Waals surface area contributed by atoms with Gasteiger partial charge in [0.05, 0.1) is 22.8 Å².